The molecule has 2 nitrogen and oxygen atoms in total. The van der Waals surface area contributed by atoms with Gasteiger partial charge >= 0.3 is 0 Å². The lowest BCUT2D eigenvalue weighted by molar-refractivity contribution is 0.236. The van der Waals surface area contributed by atoms with E-state index in [0.717, 1.165) is 19.0 Å². The third kappa shape index (κ3) is 2.51. The van der Waals surface area contributed by atoms with E-state index in [2.05, 4.69) is 52.4 Å². The minimum atomic E-state index is 0.677. The zero-order valence-electron chi connectivity index (χ0n) is 10.1. The fourth-order valence-corrected chi connectivity index (χ4v) is 3.62. The van der Waals surface area contributed by atoms with Crippen LogP contribution < -0.4 is 0 Å². The van der Waals surface area contributed by atoms with Crippen LogP contribution in [0.25, 0.3) is 0 Å². The summed E-state index contributed by atoms with van der Waals surface area (Å²) in [6, 6.07) is 11.5. The molecule has 0 aliphatic carbocycles. The summed E-state index contributed by atoms with van der Waals surface area (Å²) in [7, 11) is 0. The van der Waals surface area contributed by atoms with E-state index in [9.17, 15) is 0 Å². The molecule has 17 heavy (non-hydrogen) atoms. The summed E-state index contributed by atoms with van der Waals surface area (Å²) in [5.41, 5.74) is 1.43. The van der Waals surface area contributed by atoms with E-state index in [0.29, 0.717) is 6.04 Å². The zero-order chi connectivity index (χ0) is 11.7. The zero-order valence-corrected chi connectivity index (χ0v) is 11.0. The number of rotatable bonds is 2. The van der Waals surface area contributed by atoms with Crippen molar-refractivity contribution in [2.45, 2.75) is 25.4 Å². The summed E-state index contributed by atoms with van der Waals surface area (Å²) >= 11 is 4.61. The summed E-state index contributed by atoms with van der Waals surface area (Å²) in [6.45, 7) is 4.68. The van der Waals surface area contributed by atoms with Crippen molar-refractivity contribution in [1.29, 1.82) is 0 Å². The predicted molar refractivity (Wildman–Crippen MR) is 73.9 cm³/mol. The molecule has 2 saturated heterocycles. The van der Waals surface area contributed by atoms with Crippen molar-refractivity contribution in [2.75, 3.05) is 19.6 Å². The van der Waals surface area contributed by atoms with E-state index in [1.807, 2.05) is 0 Å². The second kappa shape index (κ2) is 5.01. The highest BCUT2D eigenvalue weighted by molar-refractivity contribution is 7.77. The maximum Gasteiger partial charge on any atom is 0.0368 e. The Morgan fingerprint density at radius 2 is 2.00 bits per heavy atom. The van der Waals surface area contributed by atoms with Gasteiger partial charge in [-0.05, 0) is 24.3 Å². The van der Waals surface area contributed by atoms with Crippen LogP contribution in [0.15, 0.2) is 30.3 Å². The van der Waals surface area contributed by atoms with Gasteiger partial charge in [-0.25, -0.2) is 4.31 Å². The van der Waals surface area contributed by atoms with Crippen LogP contribution in [-0.4, -0.2) is 34.9 Å². The second-order valence-corrected chi connectivity index (χ2v) is 5.83. The molecule has 0 saturated carbocycles. The Hall–Kier alpha value is -0.510. The Morgan fingerprint density at radius 1 is 1.18 bits per heavy atom. The van der Waals surface area contributed by atoms with Crippen molar-refractivity contribution < 1.29 is 0 Å². The topological polar surface area (TPSA) is 6.48 Å². The van der Waals surface area contributed by atoms with Crippen LogP contribution in [0, 0.1) is 5.92 Å². The summed E-state index contributed by atoms with van der Waals surface area (Å²) in [5.74, 6) is 0.838. The highest BCUT2D eigenvalue weighted by Gasteiger charge is 2.37. The molecule has 0 bridgehead atoms. The number of nitrogens with zero attached hydrogens (tertiary/aromatic N) is 2. The molecule has 0 radical (unpaired) electrons. The lowest BCUT2D eigenvalue weighted by atomic mass is 9.94. The Morgan fingerprint density at radius 3 is 2.76 bits per heavy atom. The number of piperidine rings is 1. The Bertz CT molecular complexity index is 368. The van der Waals surface area contributed by atoms with Gasteiger partial charge in [-0.15, -0.1) is 0 Å². The number of thiol groups is 1. The molecule has 2 unspecified atom stereocenters. The SMILES string of the molecule is SN1CCCC2CN(Cc3ccccc3)CC21. The Kier molecular flexibility index (Phi) is 3.41. The van der Waals surface area contributed by atoms with E-state index in [1.165, 1.54) is 31.5 Å². The van der Waals surface area contributed by atoms with Crippen molar-refractivity contribution in [1.82, 2.24) is 9.21 Å². The first kappa shape index (κ1) is 11.6. The van der Waals surface area contributed by atoms with Crippen LogP contribution in [0.2, 0.25) is 0 Å². The fraction of sp³-hybridized carbons (Fsp3) is 0.571. The minimum Gasteiger partial charge on any atom is -0.297 e. The van der Waals surface area contributed by atoms with E-state index in [4.69, 9.17) is 0 Å². The summed E-state index contributed by atoms with van der Waals surface area (Å²) < 4.78 is 2.26. The molecule has 0 spiro atoms. The predicted octanol–water partition coefficient (Wildman–Crippen LogP) is 2.43. The van der Waals surface area contributed by atoms with Crippen molar-refractivity contribution in [3.05, 3.63) is 35.9 Å². The molecule has 2 heterocycles. The van der Waals surface area contributed by atoms with Gasteiger partial charge in [0.1, 0.15) is 0 Å². The Balaban J connectivity index is 1.64. The first-order valence-electron chi connectivity index (χ1n) is 6.55. The number of likely N-dealkylation sites (tertiary alicyclic amines) is 1. The average Bonchev–Trinajstić information content (AvgIpc) is 2.74. The summed E-state index contributed by atoms with van der Waals surface area (Å²) in [5, 5.41) is 0. The van der Waals surface area contributed by atoms with Crippen molar-refractivity contribution in [3.8, 4) is 0 Å². The summed E-state index contributed by atoms with van der Waals surface area (Å²) in [6.07, 6.45) is 2.69. The monoisotopic (exact) mass is 248 g/mol. The van der Waals surface area contributed by atoms with Crippen LogP contribution in [0.3, 0.4) is 0 Å². The molecular formula is C14H20N2S. The number of hydrogen-bond acceptors (Lipinski definition) is 3. The van der Waals surface area contributed by atoms with Gasteiger partial charge in [0.05, 0.1) is 0 Å². The molecule has 0 amide bonds. The maximum atomic E-state index is 4.61. The van der Waals surface area contributed by atoms with Gasteiger partial charge in [-0.3, -0.25) is 4.90 Å². The van der Waals surface area contributed by atoms with Crippen LogP contribution in [0.5, 0.6) is 0 Å². The molecule has 2 aliphatic heterocycles. The van der Waals surface area contributed by atoms with Crippen LogP contribution in [0.4, 0.5) is 0 Å². The van der Waals surface area contributed by atoms with Crippen LogP contribution >= 0.6 is 12.8 Å². The number of benzene rings is 1. The van der Waals surface area contributed by atoms with Gasteiger partial charge < -0.3 is 0 Å². The highest BCUT2D eigenvalue weighted by atomic mass is 32.1. The standard InChI is InChI=1S/C14H20N2S/c17-16-8-4-7-13-10-15(11-14(13)16)9-12-5-2-1-3-6-12/h1-3,5-6,13-14,17H,4,7-11H2. The third-order valence-corrected chi connectivity index (χ3v) is 4.57. The molecule has 3 rings (SSSR count). The molecular weight excluding hydrogens is 228 g/mol. The van der Waals surface area contributed by atoms with Crippen LogP contribution in [-0.2, 0) is 6.54 Å². The molecule has 2 fully saturated rings. The van der Waals surface area contributed by atoms with Gasteiger partial charge in [-0.1, -0.05) is 43.1 Å². The molecule has 3 heteroatoms. The Labute approximate surface area is 109 Å². The first-order chi connectivity index (χ1) is 8.33. The first-order valence-corrected chi connectivity index (χ1v) is 6.95. The van der Waals surface area contributed by atoms with E-state index in [-0.39, 0.29) is 0 Å². The van der Waals surface area contributed by atoms with E-state index in [1.54, 1.807) is 0 Å². The summed E-state index contributed by atoms with van der Waals surface area (Å²) in [4.78, 5) is 2.58. The maximum absolute atomic E-state index is 4.61. The third-order valence-electron chi connectivity index (χ3n) is 4.08. The molecule has 92 valence electrons. The van der Waals surface area contributed by atoms with Gasteiger partial charge in [0.15, 0.2) is 0 Å². The smallest absolute Gasteiger partial charge is 0.0368 e. The van der Waals surface area contributed by atoms with Crippen LogP contribution in [0.1, 0.15) is 18.4 Å². The fourth-order valence-electron chi connectivity index (χ4n) is 3.21. The van der Waals surface area contributed by atoms with Gasteiger partial charge in [0, 0.05) is 32.2 Å². The van der Waals surface area contributed by atoms with E-state index < -0.39 is 0 Å². The molecule has 1 aromatic carbocycles. The molecule has 0 N–H and O–H groups in total. The van der Waals surface area contributed by atoms with Crippen molar-refractivity contribution in [2.24, 2.45) is 5.92 Å². The quantitative estimate of drug-likeness (QED) is 0.803. The number of hydrogen-bond donors (Lipinski definition) is 1. The van der Waals surface area contributed by atoms with Crippen molar-refractivity contribution >= 4 is 12.8 Å². The van der Waals surface area contributed by atoms with Gasteiger partial charge in [-0.2, -0.15) is 0 Å². The minimum absolute atomic E-state index is 0.677. The lowest BCUT2D eigenvalue weighted by Gasteiger charge is -2.32. The van der Waals surface area contributed by atoms with Gasteiger partial charge in [0.2, 0.25) is 0 Å². The lowest BCUT2D eigenvalue weighted by Crippen LogP contribution is -2.39. The molecule has 2 atom stereocenters. The largest absolute Gasteiger partial charge is 0.297 e. The number of fused-ring (bicyclic) bond motifs is 1. The average molecular weight is 248 g/mol. The van der Waals surface area contributed by atoms with Crippen molar-refractivity contribution in [3.63, 3.8) is 0 Å². The van der Waals surface area contributed by atoms with E-state index >= 15 is 0 Å². The second-order valence-electron chi connectivity index (χ2n) is 5.31. The molecule has 0 aromatic heterocycles. The molecule has 1 aromatic rings. The normalized spacial score (nSPS) is 30.4. The molecule has 2 aliphatic rings. The highest BCUT2D eigenvalue weighted by Crippen LogP contribution is 2.32. The van der Waals surface area contributed by atoms with Gasteiger partial charge in [0.25, 0.3) is 0 Å².